The number of hydrogen-bond donors (Lipinski definition) is 2. The highest BCUT2D eigenvalue weighted by Gasteiger charge is 2.28. The van der Waals surface area contributed by atoms with E-state index >= 15 is 0 Å². The van der Waals surface area contributed by atoms with E-state index in [2.05, 4.69) is 31.3 Å². The summed E-state index contributed by atoms with van der Waals surface area (Å²) < 4.78 is 0. The van der Waals surface area contributed by atoms with Crippen LogP contribution in [0.3, 0.4) is 0 Å². The number of carbonyl (C=O) groups excluding carboxylic acids is 1. The molecule has 0 aromatic carbocycles. The summed E-state index contributed by atoms with van der Waals surface area (Å²) in [5.74, 6) is 3.95. The first kappa shape index (κ1) is 18.6. The van der Waals surface area contributed by atoms with Gasteiger partial charge in [0.15, 0.2) is 5.96 Å². The first-order chi connectivity index (χ1) is 11.7. The molecule has 6 nitrogen and oxygen atoms in total. The summed E-state index contributed by atoms with van der Waals surface area (Å²) >= 11 is 0. The van der Waals surface area contributed by atoms with Crippen LogP contribution in [0.15, 0.2) is 4.99 Å². The fraction of sp³-hybridized carbons (Fsp3) is 0.778. The number of guanidine groups is 1. The lowest BCUT2D eigenvalue weighted by Crippen LogP contribution is -2.52. The molecule has 2 rings (SSSR count). The van der Waals surface area contributed by atoms with E-state index in [0.29, 0.717) is 12.5 Å². The summed E-state index contributed by atoms with van der Waals surface area (Å²) in [6, 6.07) is 0. The van der Waals surface area contributed by atoms with Crippen molar-refractivity contribution >= 4 is 11.9 Å². The van der Waals surface area contributed by atoms with Gasteiger partial charge in [-0.3, -0.25) is 14.7 Å². The molecule has 0 unspecified atom stereocenters. The number of hydrogen-bond acceptors (Lipinski definition) is 3. The number of rotatable bonds is 5. The van der Waals surface area contributed by atoms with Gasteiger partial charge in [-0.25, -0.2) is 0 Å². The summed E-state index contributed by atoms with van der Waals surface area (Å²) in [5, 5.41) is 6.30. The number of nitrogens with one attached hydrogen (secondary N) is 2. The van der Waals surface area contributed by atoms with Crippen molar-refractivity contribution in [3.8, 4) is 12.3 Å². The molecular formula is C18H31N5O. The van der Waals surface area contributed by atoms with Crippen LogP contribution in [0, 0.1) is 18.3 Å². The Hall–Kier alpha value is -1.74. The molecule has 0 radical (unpaired) electrons. The maximum absolute atomic E-state index is 12.6. The molecule has 0 atom stereocenters. The SMILES string of the molecule is C#CCNC(=NC)NCCN1CCN(C(=O)C2CCCCC2)CC1. The van der Waals surface area contributed by atoms with E-state index in [1.54, 1.807) is 7.05 Å². The van der Waals surface area contributed by atoms with Crippen molar-refractivity contribution in [2.24, 2.45) is 10.9 Å². The molecule has 0 aromatic rings. The van der Waals surface area contributed by atoms with Gasteiger partial charge >= 0.3 is 0 Å². The van der Waals surface area contributed by atoms with Crippen molar-refractivity contribution in [2.75, 3.05) is 52.9 Å². The zero-order valence-corrected chi connectivity index (χ0v) is 14.9. The highest BCUT2D eigenvalue weighted by atomic mass is 16.2. The summed E-state index contributed by atoms with van der Waals surface area (Å²) in [4.78, 5) is 21.2. The van der Waals surface area contributed by atoms with Crippen LogP contribution in [-0.4, -0.2) is 74.5 Å². The van der Waals surface area contributed by atoms with Crippen molar-refractivity contribution in [1.29, 1.82) is 0 Å². The molecule has 2 N–H and O–H groups in total. The minimum Gasteiger partial charge on any atom is -0.355 e. The van der Waals surface area contributed by atoms with E-state index in [1.165, 1.54) is 19.3 Å². The van der Waals surface area contributed by atoms with Gasteiger partial charge in [0, 0.05) is 52.2 Å². The number of carbonyl (C=O) groups is 1. The van der Waals surface area contributed by atoms with E-state index in [0.717, 1.165) is 58.1 Å². The van der Waals surface area contributed by atoms with Crippen LogP contribution >= 0.6 is 0 Å². The van der Waals surface area contributed by atoms with Crippen molar-refractivity contribution in [1.82, 2.24) is 20.4 Å². The summed E-state index contributed by atoms with van der Waals surface area (Å²) in [7, 11) is 1.74. The van der Waals surface area contributed by atoms with Gasteiger partial charge in [0.25, 0.3) is 0 Å². The number of piperazine rings is 1. The Morgan fingerprint density at radius 1 is 1.17 bits per heavy atom. The fourth-order valence-corrected chi connectivity index (χ4v) is 3.49. The van der Waals surface area contributed by atoms with Gasteiger partial charge in [0.05, 0.1) is 6.54 Å². The van der Waals surface area contributed by atoms with Gasteiger partial charge in [-0.05, 0) is 12.8 Å². The molecule has 1 saturated carbocycles. The molecule has 1 aliphatic heterocycles. The van der Waals surface area contributed by atoms with Crippen LogP contribution in [0.25, 0.3) is 0 Å². The Balaban J connectivity index is 1.64. The smallest absolute Gasteiger partial charge is 0.225 e. The van der Waals surface area contributed by atoms with Gasteiger partial charge in [-0.2, -0.15) is 0 Å². The van der Waals surface area contributed by atoms with Crippen LogP contribution in [-0.2, 0) is 4.79 Å². The zero-order chi connectivity index (χ0) is 17.2. The summed E-state index contributed by atoms with van der Waals surface area (Å²) in [6.45, 7) is 5.87. The molecule has 0 aromatic heterocycles. The van der Waals surface area contributed by atoms with Crippen LogP contribution in [0.2, 0.25) is 0 Å². The Labute approximate surface area is 146 Å². The van der Waals surface area contributed by atoms with Crippen molar-refractivity contribution in [2.45, 2.75) is 32.1 Å². The van der Waals surface area contributed by atoms with E-state index in [1.807, 2.05) is 0 Å². The Bertz CT molecular complexity index is 457. The lowest BCUT2D eigenvalue weighted by atomic mass is 9.88. The van der Waals surface area contributed by atoms with E-state index in [4.69, 9.17) is 6.42 Å². The number of amides is 1. The van der Waals surface area contributed by atoms with Crippen LogP contribution in [0.5, 0.6) is 0 Å². The predicted molar refractivity (Wildman–Crippen MR) is 97.8 cm³/mol. The number of terminal acetylenes is 1. The monoisotopic (exact) mass is 333 g/mol. The van der Waals surface area contributed by atoms with Gasteiger partial charge in [-0.1, -0.05) is 25.2 Å². The first-order valence-electron chi connectivity index (χ1n) is 9.13. The Morgan fingerprint density at radius 3 is 2.50 bits per heavy atom. The highest BCUT2D eigenvalue weighted by Crippen LogP contribution is 2.25. The van der Waals surface area contributed by atoms with Crippen LogP contribution in [0.4, 0.5) is 0 Å². The van der Waals surface area contributed by atoms with Gasteiger partial charge in [-0.15, -0.1) is 6.42 Å². The minimum absolute atomic E-state index is 0.289. The molecule has 6 heteroatoms. The summed E-state index contributed by atoms with van der Waals surface area (Å²) in [5.41, 5.74) is 0. The first-order valence-corrected chi connectivity index (χ1v) is 9.13. The standard InChI is InChI=1S/C18H31N5O/c1-3-9-20-18(19-2)21-10-11-22-12-14-23(15-13-22)17(24)16-7-5-4-6-8-16/h1,16H,4-15H2,2H3,(H2,19,20,21). The molecule has 1 aliphatic carbocycles. The second-order valence-electron chi connectivity index (χ2n) is 6.56. The Kier molecular flexibility index (Phi) is 7.90. The normalized spacial score (nSPS) is 20.5. The third kappa shape index (κ3) is 5.72. The van der Waals surface area contributed by atoms with Crippen LogP contribution < -0.4 is 10.6 Å². The quantitative estimate of drug-likeness (QED) is 0.437. The van der Waals surface area contributed by atoms with Gasteiger partial charge in [0.2, 0.25) is 5.91 Å². The second kappa shape index (κ2) is 10.2. The third-order valence-electron chi connectivity index (χ3n) is 4.94. The predicted octanol–water partition coefficient (Wildman–Crippen LogP) is 0.509. The average molecular weight is 333 g/mol. The lowest BCUT2D eigenvalue weighted by Gasteiger charge is -2.37. The number of aliphatic imine (C=N–C) groups is 1. The molecule has 2 aliphatic rings. The fourth-order valence-electron chi connectivity index (χ4n) is 3.49. The van der Waals surface area contributed by atoms with Gasteiger partial charge < -0.3 is 15.5 Å². The molecule has 0 spiro atoms. The molecule has 1 heterocycles. The molecule has 2 fully saturated rings. The van der Waals surface area contributed by atoms with Gasteiger partial charge in [0.1, 0.15) is 0 Å². The zero-order valence-electron chi connectivity index (χ0n) is 14.9. The minimum atomic E-state index is 0.289. The van der Waals surface area contributed by atoms with E-state index in [-0.39, 0.29) is 5.92 Å². The molecule has 134 valence electrons. The maximum Gasteiger partial charge on any atom is 0.225 e. The average Bonchev–Trinajstić information content (AvgIpc) is 2.65. The van der Waals surface area contributed by atoms with Crippen LogP contribution in [0.1, 0.15) is 32.1 Å². The molecule has 0 bridgehead atoms. The Morgan fingerprint density at radius 2 is 1.88 bits per heavy atom. The van der Waals surface area contributed by atoms with Crippen molar-refractivity contribution in [3.05, 3.63) is 0 Å². The molecule has 24 heavy (non-hydrogen) atoms. The highest BCUT2D eigenvalue weighted by molar-refractivity contribution is 5.80. The van der Waals surface area contributed by atoms with Crippen molar-refractivity contribution in [3.63, 3.8) is 0 Å². The lowest BCUT2D eigenvalue weighted by molar-refractivity contribution is -0.138. The topological polar surface area (TPSA) is 60.0 Å². The molecule has 1 amide bonds. The van der Waals surface area contributed by atoms with E-state index < -0.39 is 0 Å². The number of nitrogens with zero attached hydrogens (tertiary/aromatic N) is 3. The molecule has 1 saturated heterocycles. The largest absolute Gasteiger partial charge is 0.355 e. The second-order valence-corrected chi connectivity index (χ2v) is 6.56. The summed E-state index contributed by atoms with van der Waals surface area (Å²) in [6.07, 6.45) is 11.1. The van der Waals surface area contributed by atoms with E-state index in [9.17, 15) is 4.79 Å². The maximum atomic E-state index is 12.6. The molecular weight excluding hydrogens is 302 g/mol. The van der Waals surface area contributed by atoms with Crippen molar-refractivity contribution < 1.29 is 4.79 Å². The third-order valence-corrected chi connectivity index (χ3v) is 4.94.